The van der Waals surface area contributed by atoms with Crippen LogP contribution in [0.2, 0.25) is 0 Å². The van der Waals surface area contributed by atoms with Gasteiger partial charge in [-0.15, -0.1) is 0 Å². The van der Waals surface area contributed by atoms with E-state index in [-0.39, 0.29) is 6.04 Å². The molecule has 1 aliphatic rings. The minimum absolute atomic E-state index is 0.234. The summed E-state index contributed by atoms with van der Waals surface area (Å²) in [7, 11) is 1.58. The molecular weight excluding hydrogens is 214 g/mol. The molecule has 1 aromatic rings. The van der Waals surface area contributed by atoms with Crippen LogP contribution in [0.3, 0.4) is 0 Å². The van der Waals surface area contributed by atoms with Crippen molar-refractivity contribution in [2.45, 2.75) is 18.5 Å². The van der Waals surface area contributed by atoms with E-state index in [0.29, 0.717) is 5.88 Å². The molecule has 0 amide bonds. The molecule has 0 aliphatic heterocycles. The average Bonchev–Trinajstić information content (AvgIpc) is 2.36. The van der Waals surface area contributed by atoms with Crippen molar-refractivity contribution in [3.63, 3.8) is 0 Å². The van der Waals surface area contributed by atoms with Crippen molar-refractivity contribution in [2.75, 3.05) is 7.11 Å². The first-order valence-corrected chi connectivity index (χ1v) is 5.49. The maximum absolute atomic E-state index is 6.37. The van der Waals surface area contributed by atoms with Crippen molar-refractivity contribution in [2.24, 2.45) is 11.5 Å². The standard InChI is InChI=1S/C13H17N3O/c1-9-4-3-7-13(15,12(9)14)10-5-6-11(17-2)16-8-10/h3-8,12H,14-15H2,1-2H3. The lowest BCUT2D eigenvalue weighted by atomic mass is 9.78. The van der Waals surface area contributed by atoms with Crippen molar-refractivity contribution in [3.8, 4) is 5.88 Å². The van der Waals surface area contributed by atoms with E-state index in [1.807, 2.05) is 31.2 Å². The third kappa shape index (κ3) is 1.97. The number of methoxy groups -OCH3 is 1. The predicted octanol–water partition coefficient (Wildman–Crippen LogP) is 1.09. The Labute approximate surface area is 101 Å². The van der Waals surface area contributed by atoms with Gasteiger partial charge in [0.05, 0.1) is 18.7 Å². The van der Waals surface area contributed by atoms with Gasteiger partial charge in [-0.3, -0.25) is 0 Å². The molecule has 1 heterocycles. The summed E-state index contributed by atoms with van der Waals surface area (Å²) >= 11 is 0. The van der Waals surface area contributed by atoms with Crippen LogP contribution in [0.15, 0.2) is 42.1 Å². The zero-order valence-corrected chi connectivity index (χ0v) is 10.1. The molecule has 0 radical (unpaired) electrons. The first-order valence-electron chi connectivity index (χ1n) is 5.49. The van der Waals surface area contributed by atoms with Gasteiger partial charge in [0.25, 0.3) is 0 Å². The van der Waals surface area contributed by atoms with Gasteiger partial charge in [-0.25, -0.2) is 4.98 Å². The Balaban J connectivity index is 2.38. The largest absolute Gasteiger partial charge is 0.481 e. The van der Waals surface area contributed by atoms with Crippen LogP contribution in [0.5, 0.6) is 5.88 Å². The second kappa shape index (κ2) is 4.31. The zero-order valence-electron chi connectivity index (χ0n) is 10.1. The van der Waals surface area contributed by atoms with Gasteiger partial charge in [0.2, 0.25) is 5.88 Å². The van der Waals surface area contributed by atoms with E-state index in [0.717, 1.165) is 11.1 Å². The van der Waals surface area contributed by atoms with Gasteiger partial charge in [-0.05, 0) is 18.6 Å². The Morgan fingerprint density at radius 2 is 2.18 bits per heavy atom. The Morgan fingerprint density at radius 3 is 2.76 bits per heavy atom. The molecule has 90 valence electrons. The van der Waals surface area contributed by atoms with E-state index in [1.165, 1.54) is 0 Å². The Bertz CT molecular complexity index is 464. The Hall–Kier alpha value is -1.65. The van der Waals surface area contributed by atoms with E-state index < -0.39 is 5.54 Å². The lowest BCUT2D eigenvalue weighted by molar-refractivity contribution is 0.395. The minimum Gasteiger partial charge on any atom is -0.481 e. The van der Waals surface area contributed by atoms with Crippen LogP contribution in [-0.2, 0) is 5.54 Å². The molecule has 2 rings (SSSR count). The highest BCUT2D eigenvalue weighted by Crippen LogP contribution is 2.29. The molecule has 4 nitrogen and oxygen atoms in total. The Morgan fingerprint density at radius 1 is 1.41 bits per heavy atom. The third-order valence-electron chi connectivity index (χ3n) is 3.18. The molecule has 0 saturated heterocycles. The molecule has 1 aliphatic carbocycles. The molecule has 0 saturated carbocycles. The topological polar surface area (TPSA) is 74.2 Å². The molecule has 0 aromatic carbocycles. The lowest BCUT2D eigenvalue weighted by Crippen LogP contribution is -2.52. The number of hydrogen-bond acceptors (Lipinski definition) is 4. The number of nitrogens with zero attached hydrogens (tertiary/aromatic N) is 1. The molecule has 2 unspecified atom stereocenters. The zero-order chi connectivity index (χ0) is 12.5. The van der Waals surface area contributed by atoms with Crippen molar-refractivity contribution in [3.05, 3.63) is 47.7 Å². The molecular formula is C13H17N3O. The number of nitrogens with two attached hydrogens (primary N) is 2. The van der Waals surface area contributed by atoms with Crippen molar-refractivity contribution in [1.82, 2.24) is 4.98 Å². The second-order valence-electron chi connectivity index (χ2n) is 4.27. The molecule has 1 aromatic heterocycles. The van der Waals surface area contributed by atoms with E-state index >= 15 is 0 Å². The molecule has 0 spiro atoms. The van der Waals surface area contributed by atoms with Gasteiger partial charge < -0.3 is 16.2 Å². The number of allylic oxidation sites excluding steroid dienone is 2. The molecule has 4 N–H and O–H groups in total. The highest BCUT2D eigenvalue weighted by Gasteiger charge is 2.34. The van der Waals surface area contributed by atoms with Gasteiger partial charge in [0.1, 0.15) is 0 Å². The summed E-state index contributed by atoms with van der Waals surface area (Å²) in [5.74, 6) is 0.568. The predicted molar refractivity (Wildman–Crippen MR) is 67.5 cm³/mol. The Kier molecular flexibility index (Phi) is 3.00. The lowest BCUT2D eigenvalue weighted by Gasteiger charge is -2.35. The second-order valence-corrected chi connectivity index (χ2v) is 4.27. The highest BCUT2D eigenvalue weighted by molar-refractivity contribution is 5.40. The normalized spacial score (nSPS) is 27.8. The van der Waals surface area contributed by atoms with Crippen molar-refractivity contribution in [1.29, 1.82) is 0 Å². The van der Waals surface area contributed by atoms with Crippen molar-refractivity contribution < 1.29 is 4.74 Å². The maximum Gasteiger partial charge on any atom is 0.212 e. The van der Waals surface area contributed by atoms with E-state index in [9.17, 15) is 0 Å². The van der Waals surface area contributed by atoms with Crippen LogP contribution in [0.4, 0.5) is 0 Å². The molecule has 0 fully saturated rings. The maximum atomic E-state index is 6.37. The van der Waals surface area contributed by atoms with E-state index in [2.05, 4.69) is 4.98 Å². The SMILES string of the molecule is COc1ccc(C2(N)C=CC=C(C)C2N)cn1. The smallest absolute Gasteiger partial charge is 0.212 e. The first-order chi connectivity index (χ1) is 8.08. The first kappa shape index (κ1) is 11.8. The minimum atomic E-state index is -0.696. The summed E-state index contributed by atoms with van der Waals surface area (Å²) in [5, 5.41) is 0. The van der Waals surface area contributed by atoms with Gasteiger partial charge >= 0.3 is 0 Å². The van der Waals surface area contributed by atoms with Gasteiger partial charge in [-0.2, -0.15) is 0 Å². The number of ether oxygens (including phenoxy) is 1. The number of aromatic nitrogens is 1. The van der Waals surface area contributed by atoms with Crippen LogP contribution in [0.25, 0.3) is 0 Å². The highest BCUT2D eigenvalue weighted by atomic mass is 16.5. The van der Waals surface area contributed by atoms with Crippen LogP contribution in [0.1, 0.15) is 12.5 Å². The monoisotopic (exact) mass is 231 g/mol. The number of hydrogen-bond donors (Lipinski definition) is 2. The summed E-state index contributed by atoms with van der Waals surface area (Å²) in [5.41, 5.74) is 13.8. The van der Waals surface area contributed by atoms with Crippen LogP contribution in [-0.4, -0.2) is 18.1 Å². The fraction of sp³-hybridized carbons (Fsp3) is 0.308. The van der Waals surface area contributed by atoms with Gasteiger partial charge in [-0.1, -0.05) is 23.8 Å². The molecule has 17 heavy (non-hydrogen) atoms. The molecule has 4 heteroatoms. The number of rotatable bonds is 2. The van der Waals surface area contributed by atoms with Crippen LogP contribution < -0.4 is 16.2 Å². The fourth-order valence-corrected chi connectivity index (χ4v) is 1.98. The third-order valence-corrected chi connectivity index (χ3v) is 3.18. The van der Waals surface area contributed by atoms with E-state index in [1.54, 1.807) is 19.4 Å². The summed E-state index contributed by atoms with van der Waals surface area (Å²) in [6.45, 7) is 1.98. The van der Waals surface area contributed by atoms with Gasteiger partial charge in [0.15, 0.2) is 0 Å². The fourth-order valence-electron chi connectivity index (χ4n) is 1.98. The average molecular weight is 231 g/mol. The van der Waals surface area contributed by atoms with Crippen LogP contribution in [0, 0.1) is 0 Å². The summed E-state index contributed by atoms with van der Waals surface area (Å²) in [4.78, 5) is 4.17. The number of pyridine rings is 1. The summed E-state index contributed by atoms with van der Waals surface area (Å²) in [6.07, 6.45) is 7.53. The molecule has 2 atom stereocenters. The van der Waals surface area contributed by atoms with Gasteiger partial charge in [0, 0.05) is 12.3 Å². The molecule has 0 bridgehead atoms. The van der Waals surface area contributed by atoms with E-state index in [4.69, 9.17) is 16.2 Å². The summed E-state index contributed by atoms with van der Waals surface area (Å²) in [6, 6.07) is 3.45. The quantitative estimate of drug-likeness (QED) is 0.799. The van der Waals surface area contributed by atoms with Crippen molar-refractivity contribution >= 4 is 0 Å². The van der Waals surface area contributed by atoms with Crippen LogP contribution >= 0.6 is 0 Å². The summed E-state index contributed by atoms with van der Waals surface area (Å²) < 4.78 is 5.02.